The van der Waals surface area contributed by atoms with Crippen LogP contribution in [0, 0.1) is 18.6 Å². The largest absolute Gasteiger partial charge is 0.434 e. The first-order chi connectivity index (χ1) is 15.9. The zero-order valence-corrected chi connectivity index (χ0v) is 19.8. The molecule has 1 saturated heterocycles. The Balaban J connectivity index is 1.58. The number of thiazole rings is 1. The monoisotopic (exact) mass is 494 g/mol. The van der Waals surface area contributed by atoms with Gasteiger partial charge in [-0.3, -0.25) is 0 Å². The highest BCUT2D eigenvalue weighted by Gasteiger charge is 2.21. The molecule has 3 N–H and O–H groups in total. The van der Waals surface area contributed by atoms with Gasteiger partial charge in [0.05, 0.1) is 16.4 Å². The molecule has 3 heterocycles. The summed E-state index contributed by atoms with van der Waals surface area (Å²) in [6, 6.07) is 4.51. The lowest BCUT2D eigenvalue weighted by Crippen LogP contribution is -2.38. The molecule has 0 spiro atoms. The molecule has 2 unspecified atom stereocenters. The van der Waals surface area contributed by atoms with E-state index < -0.39 is 22.6 Å². The molecule has 12 heteroatoms. The highest BCUT2D eigenvalue weighted by Crippen LogP contribution is 2.38. The molecule has 1 fully saturated rings. The number of aryl methyl sites for hydroxylation is 1. The maximum atomic E-state index is 14.7. The average molecular weight is 495 g/mol. The van der Waals surface area contributed by atoms with Crippen LogP contribution in [-0.4, -0.2) is 44.0 Å². The fourth-order valence-corrected chi connectivity index (χ4v) is 4.70. The number of nitrogens with zero attached hydrogens (tertiary/aromatic N) is 3. The van der Waals surface area contributed by atoms with Gasteiger partial charge >= 0.3 is 0 Å². The topological polar surface area (TPSA) is 101 Å². The first-order valence-electron chi connectivity index (χ1n) is 10.5. The minimum Gasteiger partial charge on any atom is -0.434 e. The maximum Gasteiger partial charge on any atom is 0.240 e. The molecular weight excluding hydrogens is 470 g/mol. The van der Waals surface area contributed by atoms with Crippen LogP contribution in [0.3, 0.4) is 0 Å². The van der Waals surface area contributed by atoms with Crippen LogP contribution in [0.25, 0.3) is 10.6 Å². The molecule has 0 aliphatic carbocycles. The van der Waals surface area contributed by atoms with Crippen molar-refractivity contribution in [2.75, 3.05) is 28.9 Å². The van der Waals surface area contributed by atoms with E-state index in [2.05, 4.69) is 30.3 Å². The van der Waals surface area contributed by atoms with Crippen LogP contribution in [0.15, 0.2) is 24.4 Å². The molecule has 4 rings (SSSR count). The number of piperidine rings is 1. The summed E-state index contributed by atoms with van der Waals surface area (Å²) < 4.78 is 48.8. The number of benzene rings is 1. The molecule has 8 nitrogen and oxygen atoms in total. The van der Waals surface area contributed by atoms with Gasteiger partial charge in [-0.2, -0.15) is 4.39 Å². The van der Waals surface area contributed by atoms with E-state index >= 15 is 0 Å². The first-order valence-corrected chi connectivity index (χ1v) is 12.7. The molecule has 0 saturated carbocycles. The number of anilines is 2. The minimum atomic E-state index is -1.50. The van der Waals surface area contributed by atoms with Gasteiger partial charge in [0.2, 0.25) is 17.6 Å². The third-order valence-corrected chi connectivity index (χ3v) is 6.91. The summed E-state index contributed by atoms with van der Waals surface area (Å²) in [5, 5.41) is 7.34. The normalized spacial score (nSPS) is 16.9. The number of hydrogen-bond acceptors (Lipinski definition) is 8. The Hall–Kier alpha value is -2.70. The van der Waals surface area contributed by atoms with Crippen LogP contribution in [0.5, 0.6) is 11.6 Å². The number of halogens is 2. The highest BCUT2D eigenvalue weighted by molar-refractivity contribution is 7.86. The molecule has 1 aromatic carbocycles. The number of rotatable bonds is 8. The fraction of sp³-hybridized carbons (Fsp3) is 0.381. The molecule has 0 radical (unpaired) electrons. The van der Waals surface area contributed by atoms with Gasteiger partial charge in [-0.15, -0.1) is 11.3 Å². The number of nitrogens with one attached hydrogen (secondary N) is 3. The SMILES string of the molecule is CCS(=O)Nc1ccc(Oc2nc(C)sc2-c2ccnc(NC3CCCNC3)n2)c(F)c1F. The lowest BCUT2D eigenvalue weighted by Gasteiger charge is -2.23. The van der Waals surface area contributed by atoms with Crippen LogP contribution in [0.4, 0.5) is 20.4 Å². The van der Waals surface area contributed by atoms with Gasteiger partial charge in [-0.25, -0.2) is 23.6 Å². The standard InChI is InChI=1S/C21H24F2N6O2S2/c1-3-33(30)29-14-6-7-16(18(23)17(14)22)31-20-19(32-12(2)26-20)15-8-10-25-21(28-15)27-13-5-4-9-24-11-13/h6-8,10,13,24,29H,3-5,9,11H2,1-2H3,(H,25,27,28). The summed E-state index contributed by atoms with van der Waals surface area (Å²) in [7, 11) is -1.50. The van der Waals surface area contributed by atoms with Crippen molar-refractivity contribution in [2.45, 2.75) is 32.7 Å². The van der Waals surface area contributed by atoms with Crippen molar-refractivity contribution in [3.8, 4) is 22.2 Å². The van der Waals surface area contributed by atoms with E-state index in [0.29, 0.717) is 21.5 Å². The van der Waals surface area contributed by atoms with Crippen LogP contribution in [-0.2, 0) is 11.0 Å². The minimum absolute atomic E-state index is 0.123. The van der Waals surface area contributed by atoms with Gasteiger partial charge in [-0.05, 0) is 44.5 Å². The summed E-state index contributed by atoms with van der Waals surface area (Å²) in [6.45, 7) is 5.30. The molecule has 2 aromatic heterocycles. The van der Waals surface area contributed by atoms with Crippen molar-refractivity contribution >= 4 is 34.0 Å². The summed E-state index contributed by atoms with van der Waals surface area (Å²) in [5.74, 6) is -1.83. The average Bonchev–Trinajstić information content (AvgIpc) is 3.19. The van der Waals surface area contributed by atoms with E-state index in [1.54, 1.807) is 26.1 Å². The van der Waals surface area contributed by atoms with Gasteiger partial charge in [0.25, 0.3) is 0 Å². The van der Waals surface area contributed by atoms with E-state index in [0.717, 1.165) is 25.9 Å². The van der Waals surface area contributed by atoms with Crippen LogP contribution >= 0.6 is 11.3 Å². The molecule has 0 amide bonds. The number of ether oxygens (including phenoxy) is 1. The second-order valence-electron chi connectivity index (χ2n) is 7.40. The summed E-state index contributed by atoms with van der Waals surface area (Å²) in [6.07, 6.45) is 3.73. The summed E-state index contributed by atoms with van der Waals surface area (Å²) in [5.41, 5.74) is 0.368. The van der Waals surface area contributed by atoms with Crippen molar-refractivity contribution < 1.29 is 17.7 Å². The fourth-order valence-electron chi connectivity index (χ4n) is 3.34. The highest BCUT2D eigenvalue weighted by atomic mass is 32.2. The molecule has 3 aromatic rings. The van der Waals surface area contributed by atoms with Gasteiger partial charge in [0, 0.05) is 24.5 Å². The summed E-state index contributed by atoms with van der Waals surface area (Å²) in [4.78, 5) is 13.8. The van der Waals surface area contributed by atoms with Crippen molar-refractivity contribution in [3.05, 3.63) is 41.0 Å². The van der Waals surface area contributed by atoms with Gasteiger partial charge < -0.3 is 20.1 Å². The molecular formula is C21H24F2N6O2S2. The van der Waals surface area contributed by atoms with Crippen molar-refractivity contribution in [3.63, 3.8) is 0 Å². The van der Waals surface area contributed by atoms with E-state index in [1.807, 2.05) is 0 Å². The van der Waals surface area contributed by atoms with E-state index in [1.165, 1.54) is 23.5 Å². The Bertz CT molecular complexity index is 1150. The predicted molar refractivity (Wildman–Crippen MR) is 126 cm³/mol. The zero-order valence-electron chi connectivity index (χ0n) is 18.2. The maximum absolute atomic E-state index is 14.7. The smallest absolute Gasteiger partial charge is 0.240 e. The van der Waals surface area contributed by atoms with Crippen molar-refractivity contribution in [1.29, 1.82) is 0 Å². The lowest BCUT2D eigenvalue weighted by atomic mass is 10.1. The summed E-state index contributed by atoms with van der Waals surface area (Å²) >= 11 is 1.33. The first kappa shape index (κ1) is 23.5. The van der Waals surface area contributed by atoms with Gasteiger partial charge in [0.1, 0.15) is 15.9 Å². The predicted octanol–water partition coefficient (Wildman–Crippen LogP) is 4.24. The van der Waals surface area contributed by atoms with Crippen molar-refractivity contribution in [1.82, 2.24) is 20.3 Å². The number of hydrogen-bond donors (Lipinski definition) is 3. The van der Waals surface area contributed by atoms with Crippen LogP contribution in [0.1, 0.15) is 24.8 Å². The Morgan fingerprint density at radius 3 is 2.88 bits per heavy atom. The Morgan fingerprint density at radius 2 is 2.12 bits per heavy atom. The van der Waals surface area contributed by atoms with Crippen LogP contribution in [0.2, 0.25) is 0 Å². The molecule has 176 valence electrons. The number of aromatic nitrogens is 3. The molecule has 0 bridgehead atoms. The Morgan fingerprint density at radius 1 is 1.27 bits per heavy atom. The third-order valence-electron chi connectivity index (χ3n) is 4.96. The third kappa shape index (κ3) is 5.63. The van der Waals surface area contributed by atoms with Gasteiger partial charge in [-0.1, -0.05) is 6.92 Å². The molecule has 33 heavy (non-hydrogen) atoms. The van der Waals surface area contributed by atoms with E-state index in [4.69, 9.17) is 4.74 Å². The van der Waals surface area contributed by atoms with E-state index in [9.17, 15) is 13.0 Å². The molecule has 1 aliphatic rings. The Kier molecular flexibility index (Phi) is 7.46. The van der Waals surface area contributed by atoms with Gasteiger partial charge in [0.15, 0.2) is 11.6 Å². The van der Waals surface area contributed by atoms with Crippen LogP contribution < -0.4 is 20.1 Å². The van der Waals surface area contributed by atoms with Crippen molar-refractivity contribution in [2.24, 2.45) is 0 Å². The Labute approximate surface area is 196 Å². The lowest BCUT2D eigenvalue weighted by molar-refractivity contribution is 0.409. The second-order valence-corrected chi connectivity index (χ2v) is 10.1. The quantitative estimate of drug-likeness (QED) is 0.431. The zero-order chi connectivity index (χ0) is 23.4. The molecule has 2 atom stereocenters. The molecule has 1 aliphatic heterocycles. The van der Waals surface area contributed by atoms with E-state index in [-0.39, 0.29) is 29.1 Å². The second kappa shape index (κ2) is 10.5.